The van der Waals surface area contributed by atoms with Gasteiger partial charge in [-0.15, -0.1) is 0 Å². The Balaban J connectivity index is 1.89. The van der Waals surface area contributed by atoms with Gasteiger partial charge in [-0.1, -0.05) is 0 Å². The zero-order valence-electron chi connectivity index (χ0n) is 10.5. The monoisotopic (exact) mass is 307 g/mol. The first-order valence-electron chi connectivity index (χ1n) is 6.38. The van der Waals surface area contributed by atoms with Crippen molar-refractivity contribution in [2.24, 2.45) is 0 Å². The highest BCUT2D eigenvalue weighted by molar-refractivity contribution is 6.28. The fraction of sp³-hybridized carbons (Fsp3) is 0.667. The van der Waals surface area contributed by atoms with Gasteiger partial charge in [0.25, 0.3) is 6.43 Å². The number of ether oxygens (including phenoxy) is 1. The second kappa shape index (κ2) is 5.04. The summed E-state index contributed by atoms with van der Waals surface area (Å²) >= 11 is 5.66. The zero-order chi connectivity index (χ0) is 14.3. The summed E-state index contributed by atoms with van der Waals surface area (Å²) in [5.74, 6) is -0.705. The first-order chi connectivity index (χ1) is 9.49. The van der Waals surface area contributed by atoms with Crippen molar-refractivity contribution in [3.63, 3.8) is 0 Å². The number of morpholine rings is 1. The maximum Gasteiger partial charge on any atom is 0.266 e. The van der Waals surface area contributed by atoms with E-state index >= 15 is 0 Å². The first-order valence-corrected chi connectivity index (χ1v) is 6.76. The van der Waals surface area contributed by atoms with E-state index in [9.17, 15) is 13.2 Å². The zero-order valence-corrected chi connectivity index (χ0v) is 11.3. The largest absolute Gasteiger partial charge is 0.362 e. The van der Waals surface area contributed by atoms with Crippen molar-refractivity contribution >= 4 is 17.4 Å². The van der Waals surface area contributed by atoms with Gasteiger partial charge in [0.15, 0.2) is 11.6 Å². The van der Waals surface area contributed by atoms with Crippen molar-refractivity contribution in [1.29, 1.82) is 0 Å². The predicted molar refractivity (Wildman–Crippen MR) is 66.7 cm³/mol. The quantitative estimate of drug-likeness (QED) is 0.787. The molecule has 2 fully saturated rings. The van der Waals surface area contributed by atoms with Crippen LogP contribution in [0.5, 0.6) is 0 Å². The van der Waals surface area contributed by atoms with Crippen molar-refractivity contribution in [2.75, 3.05) is 18.0 Å². The van der Waals surface area contributed by atoms with Crippen LogP contribution in [0.2, 0.25) is 5.28 Å². The van der Waals surface area contributed by atoms with Crippen LogP contribution in [0.1, 0.15) is 19.3 Å². The number of nitrogens with zero attached hydrogens (tertiary/aromatic N) is 3. The molecular formula is C12H13ClF3N3O. The number of hydrogen-bond donors (Lipinski definition) is 0. The molecule has 1 atom stereocenters. The van der Waals surface area contributed by atoms with E-state index in [4.69, 9.17) is 16.3 Å². The molecular weight excluding hydrogens is 295 g/mol. The fourth-order valence-electron chi connectivity index (χ4n) is 2.72. The Morgan fingerprint density at radius 3 is 2.80 bits per heavy atom. The Morgan fingerprint density at radius 2 is 2.20 bits per heavy atom. The lowest BCUT2D eigenvalue weighted by atomic mass is 9.78. The summed E-state index contributed by atoms with van der Waals surface area (Å²) in [5, 5.41) is -0.107. The predicted octanol–water partition coefficient (Wildman–Crippen LogP) is 2.66. The molecule has 3 rings (SSSR count). The average molecular weight is 308 g/mol. The molecule has 0 amide bonds. The SMILES string of the molecule is Fc1cnc(Cl)nc1N1CC(C(F)F)OC2(CCC2)C1. The molecule has 1 saturated heterocycles. The third kappa shape index (κ3) is 2.44. The lowest BCUT2D eigenvalue weighted by Gasteiger charge is -2.51. The van der Waals surface area contributed by atoms with Crippen LogP contribution in [0.3, 0.4) is 0 Å². The van der Waals surface area contributed by atoms with Crippen LogP contribution in [0.15, 0.2) is 6.20 Å². The second-order valence-corrected chi connectivity index (χ2v) is 5.56. The molecule has 0 bridgehead atoms. The molecule has 1 saturated carbocycles. The molecule has 2 aliphatic rings. The van der Waals surface area contributed by atoms with Gasteiger partial charge in [0.1, 0.15) is 6.10 Å². The van der Waals surface area contributed by atoms with E-state index in [1.54, 1.807) is 0 Å². The van der Waals surface area contributed by atoms with E-state index < -0.39 is 23.9 Å². The van der Waals surface area contributed by atoms with Gasteiger partial charge in [0.05, 0.1) is 18.3 Å². The minimum atomic E-state index is -2.62. The number of anilines is 1. The van der Waals surface area contributed by atoms with E-state index in [2.05, 4.69) is 9.97 Å². The van der Waals surface area contributed by atoms with Crippen molar-refractivity contribution in [3.8, 4) is 0 Å². The van der Waals surface area contributed by atoms with E-state index in [0.717, 1.165) is 12.6 Å². The summed E-state index contributed by atoms with van der Waals surface area (Å²) in [6, 6.07) is 0. The molecule has 110 valence electrons. The van der Waals surface area contributed by atoms with Gasteiger partial charge in [-0.05, 0) is 30.9 Å². The van der Waals surface area contributed by atoms with E-state index in [0.29, 0.717) is 19.4 Å². The maximum atomic E-state index is 13.8. The molecule has 0 aromatic carbocycles. The van der Waals surface area contributed by atoms with Gasteiger partial charge in [0.2, 0.25) is 5.28 Å². The van der Waals surface area contributed by atoms with Crippen LogP contribution in [0.4, 0.5) is 19.0 Å². The lowest BCUT2D eigenvalue weighted by molar-refractivity contribution is -0.185. The minimum absolute atomic E-state index is 0.0368. The molecule has 0 radical (unpaired) electrons. The molecule has 1 aliphatic carbocycles. The van der Waals surface area contributed by atoms with Crippen molar-refractivity contribution < 1.29 is 17.9 Å². The number of halogens is 4. The van der Waals surface area contributed by atoms with Crippen LogP contribution in [-0.4, -0.2) is 41.2 Å². The Labute approximate surface area is 118 Å². The Bertz CT molecular complexity index is 513. The molecule has 8 heteroatoms. The van der Waals surface area contributed by atoms with E-state index in [-0.39, 0.29) is 17.6 Å². The molecule has 1 aromatic heterocycles. The van der Waals surface area contributed by atoms with Gasteiger partial charge in [-0.25, -0.2) is 18.2 Å². The summed E-state index contributed by atoms with van der Waals surface area (Å²) in [7, 11) is 0. The Hall–Kier alpha value is -1.08. The normalized spacial score (nSPS) is 25.1. The summed E-state index contributed by atoms with van der Waals surface area (Å²) in [4.78, 5) is 8.84. The second-order valence-electron chi connectivity index (χ2n) is 5.22. The number of alkyl halides is 2. The smallest absolute Gasteiger partial charge is 0.266 e. The maximum absolute atomic E-state index is 13.8. The van der Waals surface area contributed by atoms with Crippen LogP contribution in [0.25, 0.3) is 0 Å². The summed E-state index contributed by atoms with van der Waals surface area (Å²) < 4.78 is 45.3. The van der Waals surface area contributed by atoms with Gasteiger partial charge in [-0.2, -0.15) is 4.98 Å². The summed E-state index contributed by atoms with van der Waals surface area (Å²) in [6.45, 7) is 0.240. The van der Waals surface area contributed by atoms with Crippen LogP contribution in [-0.2, 0) is 4.74 Å². The summed E-state index contributed by atoms with van der Waals surface area (Å²) in [5.41, 5.74) is -0.608. The van der Waals surface area contributed by atoms with Gasteiger partial charge in [-0.3, -0.25) is 0 Å². The third-order valence-corrected chi connectivity index (χ3v) is 4.00. The van der Waals surface area contributed by atoms with Gasteiger partial charge >= 0.3 is 0 Å². The number of aromatic nitrogens is 2. The van der Waals surface area contributed by atoms with Crippen LogP contribution in [0, 0.1) is 5.82 Å². The van der Waals surface area contributed by atoms with E-state index in [1.165, 1.54) is 4.90 Å². The standard InChI is InChI=1S/C12H13ClF3N3O/c13-11-17-4-7(14)10(18-11)19-5-8(9(15)16)20-12(6-19)2-1-3-12/h4,8-9H,1-3,5-6H2. The molecule has 4 nitrogen and oxygen atoms in total. The fourth-order valence-corrected chi connectivity index (χ4v) is 2.85. The topological polar surface area (TPSA) is 38.2 Å². The number of hydrogen-bond acceptors (Lipinski definition) is 4. The molecule has 1 unspecified atom stereocenters. The average Bonchev–Trinajstić information content (AvgIpc) is 2.39. The third-order valence-electron chi connectivity index (χ3n) is 3.82. The highest BCUT2D eigenvalue weighted by atomic mass is 35.5. The van der Waals surface area contributed by atoms with Gasteiger partial charge < -0.3 is 9.64 Å². The van der Waals surface area contributed by atoms with E-state index in [1.807, 2.05) is 0 Å². The van der Waals surface area contributed by atoms with Crippen molar-refractivity contribution in [1.82, 2.24) is 9.97 Å². The van der Waals surface area contributed by atoms with Crippen LogP contribution >= 0.6 is 11.6 Å². The molecule has 1 aliphatic heterocycles. The highest BCUT2D eigenvalue weighted by Gasteiger charge is 2.48. The molecule has 1 aromatic rings. The molecule has 0 N–H and O–H groups in total. The number of rotatable bonds is 2. The van der Waals surface area contributed by atoms with Crippen molar-refractivity contribution in [3.05, 3.63) is 17.3 Å². The Kier molecular flexibility index (Phi) is 3.50. The minimum Gasteiger partial charge on any atom is -0.362 e. The molecule has 2 heterocycles. The molecule has 20 heavy (non-hydrogen) atoms. The Morgan fingerprint density at radius 1 is 1.45 bits per heavy atom. The lowest BCUT2D eigenvalue weighted by Crippen LogP contribution is -2.61. The summed E-state index contributed by atoms with van der Waals surface area (Å²) in [6.07, 6.45) is -0.574. The van der Waals surface area contributed by atoms with Crippen LogP contribution < -0.4 is 4.90 Å². The molecule has 1 spiro atoms. The highest BCUT2D eigenvalue weighted by Crippen LogP contribution is 2.42. The first kappa shape index (κ1) is 13.9. The van der Waals surface area contributed by atoms with Crippen molar-refractivity contribution in [2.45, 2.75) is 37.4 Å². The van der Waals surface area contributed by atoms with Gasteiger partial charge in [0, 0.05) is 6.54 Å².